The molecule has 0 fully saturated rings. The van der Waals surface area contributed by atoms with Gasteiger partial charge in [-0.05, 0) is 13.3 Å². The first-order chi connectivity index (χ1) is 8.40. The molecule has 0 aliphatic heterocycles. The molecule has 18 heavy (non-hydrogen) atoms. The molecule has 0 spiro atoms. The Balaban J connectivity index is 4.07. The van der Waals surface area contributed by atoms with Crippen LogP contribution in [-0.4, -0.2) is 29.8 Å². The van der Waals surface area contributed by atoms with E-state index in [1.165, 1.54) is 0 Å². The lowest BCUT2D eigenvalue weighted by Crippen LogP contribution is -2.21. The van der Waals surface area contributed by atoms with Crippen molar-refractivity contribution in [3.8, 4) is 0 Å². The second kappa shape index (κ2) is 9.53. The van der Waals surface area contributed by atoms with Crippen LogP contribution in [0.3, 0.4) is 0 Å². The lowest BCUT2D eigenvalue weighted by molar-refractivity contribution is -0.142. The number of esters is 1. The number of carbonyl (C=O) groups excluding carboxylic acids is 1. The maximum Gasteiger partial charge on any atom is 0.389 e. The highest BCUT2D eigenvalue weighted by atomic mass is 32.2. The molecule has 0 aromatic carbocycles. The Bertz CT molecular complexity index is 232. The molecule has 0 saturated carbocycles. The number of hydrogen-bond acceptors (Lipinski definition) is 3. The van der Waals surface area contributed by atoms with Crippen molar-refractivity contribution in [3.05, 3.63) is 0 Å². The van der Waals surface area contributed by atoms with Crippen LogP contribution in [0, 0.1) is 0 Å². The van der Waals surface area contributed by atoms with Crippen LogP contribution in [0.25, 0.3) is 0 Å². The third kappa shape index (κ3) is 9.62. The average molecular weight is 286 g/mol. The van der Waals surface area contributed by atoms with Crippen LogP contribution in [0.1, 0.15) is 46.0 Å². The van der Waals surface area contributed by atoms with Crippen molar-refractivity contribution in [2.24, 2.45) is 0 Å². The van der Waals surface area contributed by atoms with E-state index in [1.54, 1.807) is 6.92 Å². The van der Waals surface area contributed by atoms with Crippen molar-refractivity contribution in [3.63, 3.8) is 0 Å². The SMILES string of the molecule is CCCCCC(SCCC(F)(F)F)C(=O)OCC. The van der Waals surface area contributed by atoms with E-state index in [0.29, 0.717) is 6.42 Å². The predicted molar refractivity (Wildman–Crippen MR) is 67.7 cm³/mol. The summed E-state index contributed by atoms with van der Waals surface area (Å²) >= 11 is 1.05. The Morgan fingerprint density at radius 3 is 2.44 bits per heavy atom. The van der Waals surface area contributed by atoms with Gasteiger partial charge in [-0.25, -0.2) is 0 Å². The maximum absolute atomic E-state index is 12.0. The summed E-state index contributed by atoms with van der Waals surface area (Å²) in [4.78, 5) is 11.6. The molecule has 0 N–H and O–H groups in total. The molecule has 0 aliphatic rings. The first kappa shape index (κ1) is 17.6. The minimum atomic E-state index is -4.16. The normalized spacial score (nSPS) is 13.4. The number of thioether (sulfide) groups is 1. The monoisotopic (exact) mass is 286 g/mol. The molecule has 6 heteroatoms. The van der Waals surface area contributed by atoms with Crippen LogP contribution in [0.15, 0.2) is 0 Å². The first-order valence-electron chi connectivity index (χ1n) is 6.25. The molecule has 2 nitrogen and oxygen atoms in total. The van der Waals surface area contributed by atoms with Gasteiger partial charge in [-0.15, -0.1) is 11.8 Å². The summed E-state index contributed by atoms with van der Waals surface area (Å²) in [7, 11) is 0. The van der Waals surface area contributed by atoms with Crippen LogP contribution in [0.2, 0.25) is 0 Å². The second-order valence-corrected chi connectivity index (χ2v) is 5.28. The van der Waals surface area contributed by atoms with E-state index in [2.05, 4.69) is 0 Å². The molecule has 0 rings (SSSR count). The highest BCUT2D eigenvalue weighted by Gasteiger charge is 2.28. The molecule has 0 bridgehead atoms. The Morgan fingerprint density at radius 1 is 1.28 bits per heavy atom. The van der Waals surface area contributed by atoms with Crippen LogP contribution >= 0.6 is 11.8 Å². The van der Waals surface area contributed by atoms with Gasteiger partial charge in [-0.1, -0.05) is 26.2 Å². The molecule has 0 saturated heterocycles. The van der Waals surface area contributed by atoms with Crippen LogP contribution in [-0.2, 0) is 9.53 Å². The summed E-state index contributed by atoms with van der Waals surface area (Å²) < 4.78 is 41.0. The first-order valence-corrected chi connectivity index (χ1v) is 7.30. The van der Waals surface area contributed by atoms with Crippen LogP contribution in [0.4, 0.5) is 13.2 Å². The lowest BCUT2D eigenvalue weighted by Gasteiger charge is -2.15. The number of rotatable bonds is 9. The molecule has 108 valence electrons. The molecule has 0 heterocycles. The van der Waals surface area contributed by atoms with E-state index in [0.717, 1.165) is 31.0 Å². The smallest absolute Gasteiger partial charge is 0.389 e. The number of ether oxygens (including phenoxy) is 1. The van der Waals surface area contributed by atoms with Crippen molar-refractivity contribution in [1.82, 2.24) is 0 Å². The van der Waals surface area contributed by atoms with Crippen LogP contribution in [0.5, 0.6) is 0 Å². The molecule has 0 radical (unpaired) electrons. The summed E-state index contributed by atoms with van der Waals surface area (Å²) in [5.41, 5.74) is 0. The molecule has 1 unspecified atom stereocenters. The maximum atomic E-state index is 12.0. The number of hydrogen-bond donors (Lipinski definition) is 0. The average Bonchev–Trinajstić information content (AvgIpc) is 2.26. The Morgan fingerprint density at radius 2 is 1.94 bits per heavy atom. The topological polar surface area (TPSA) is 26.3 Å². The van der Waals surface area contributed by atoms with Crippen molar-refractivity contribution in [2.45, 2.75) is 57.4 Å². The van der Waals surface area contributed by atoms with Gasteiger partial charge in [0, 0.05) is 5.75 Å². The minimum absolute atomic E-state index is 0.0842. The molecular formula is C12H21F3O2S. The standard InChI is InChI=1S/C12H21F3O2S/c1-3-5-6-7-10(11(16)17-4-2)18-9-8-12(13,14)15/h10H,3-9H2,1-2H3. The van der Waals surface area contributed by atoms with E-state index in [4.69, 9.17) is 4.74 Å². The van der Waals surface area contributed by atoms with Gasteiger partial charge in [0.15, 0.2) is 0 Å². The van der Waals surface area contributed by atoms with Gasteiger partial charge >= 0.3 is 12.1 Å². The third-order valence-electron chi connectivity index (χ3n) is 2.32. The number of unbranched alkanes of at least 4 members (excludes halogenated alkanes) is 2. The van der Waals surface area contributed by atoms with E-state index in [-0.39, 0.29) is 18.3 Å². The van der Waals surface area contributed by atoms with Gasteiger partial charge < -0.3 is 4.74 Å². The van der Waals surface area contributed by atoms with Gasteiger partial charge in [-0.3, -0.25) is 4.79 Å². The van der Waals surface area contributed by atoms with Gasteiger partial charge in [0.05, 0.1) is 13.0 Å². The largest absolute Gasteiger partial charge is 0.465 e. The molecule has 0 aliphatic carbocycles. The zero-order chi connectivity index (χ0) is 14.0. The molecule has 1 atom stereocenters. The Hall–Kier alpha value is -0.390. The number of alkyl halides is 3. The lowest BCUT2D eigenvalue weighted by atomic mass is 10.1. The highest BCUT2D eigenvalue weighted by Crippen LogP contribution is 2.26. The minimum Gasteiger partial charge on any atom is -0.465 e. The zero-order valence-corrected chi connectivity index (χ0v) is 11.7. The predicted octanol–water partition coefficient (Wildman–Crippen LogP) is 4.18. The van der Waals surface area contributed by atoms with Crippen molar-refractivity contribution >= 4 is 17.7 Å². The fourth-order valence-corrected chi connectivity index (χ4v) is 2.57. The Kier molecular flexibility index (Phi) is 9.32. The molecule has 0 aromatic heterocycles. The van der Waals surface area contributed by atoms with Crippen molar-refractivity contribution < 1.29 is 22.7 Å². The van der Waals surface area contributed by atoms with Gasteiger partial charge in [-0.2, -0.15) is 13.2 Å². The summed E-state index contributed by atoms with van der Waals surface area (Å²) in [6.07, 6.45) is -1.58. The summed E-state index contributed by atoms with van der Waals surface area (Å²) in [6, 6.07) is 0. The van der Waals surface area contributed by atoms with E-state index >= 15 is 0 Å². The number of carbonyl (C=O) groups is 1. The molecule has 0 aromatic rings. The van der Waals surface area contributed by atoms with E-state index in [1.807, 2.05) is 6.92 Å². The van der Waals surface area contributed by atoms with Gasteiger partial charge in [0.25, 0.3) is 0 Å². The third-order valence-corrected chi connectivity index (χ3v) is 3.59. The Labute approximate surface area is 111 Å². The van der Waals surface area contributed by atoms with Gasteiger partial charge in [0.1, 0.15) is 5.25 Å². The quantitative estimate of drug-likeness (QED) is 0.470. The summed E-state index contributed by atoms with van der Waals surface area (Å²) in [6.45, 7) is 4.00. The number of halogens is 3. The summed E-state index contributed by atoms with van der Waals surface area (Å²) in [5, 5.41) is -0.459. The molecular weight excluding hydrogens is 265 g/mol. The van der Waals surface area contributed by atoms with Crippen LogP contribution < -0.4 is 0 Å². The zero-order valence-electron chi connectivity index (χ0n) is 10.9. The van der Waals surface area contributed by atoms with Gasteiger partial charge in [0.2, 0.25) is 0 Å². The fraction of sp³-hybridized carbons (Fsp3) is 0.917. The van der Waals surface area contributed by atoms with Crippen molar-refractivity contribution in [1.29, 1.82) is 0 Å². The van der Waals surface area contributed by atoms with Crippen molar-refractivity contribution in [2.75, 3.05) is 12.4 Å². The highest BCUT2D eigenvalue weighted by molar-refractivity contribution is 8.00. The van der Waals surface area contributed by atoms with E-state index < -0.39 is 17.8 Å². The second-order valence-electron chi connectivity index (χ2n) is 3.97. The molecule has 0 amide bonds. The van der Waals surface area contributed by atoms with E-state index in [9.17, 15) is 18.0 Å². The summed E-state index contributed by atoms with van der Waals surface area (Å²) in [5.74, 6) is -0.472. The fourth-order valence-electron chi connectivity index (χ4n) is 1.40.